The first kappa shape index (κ1) is 35.7. The molecule has 0 radical (unpaired) electrons. The summed E-state index contributed by atoms with van der Waals surface area (Å²) < 4.78 is 0. The third kappa shape index (κ3) is 6.36. The SMILES string of the molecule is c1cc(-c2ccc3cc(-c4cccc5ccccc45)ccc3c2)cc(-c2nc(-c3ccc4c(ccc5ccccc54)c3)nc(-c3ccccc3-c3ccc4ccccc4c3)n2)c1. The summed E-state index contributed by atoms with van der Waals surface area (Å²) in [5.74, 6) is 1.89. The van der Waals surface area contributed by atoms with Gasteiger partial charge in [-0.15, -0.1) is 0 Å². The molecule has 0 bridgehead atoms. The molecule has 62 heavy (non-hydrogen) atoms. The fourth-order valence-corrected chi connectivity index (χ4v) is 9.10. The van der Waals surface area contributed by atoms with Crippen LogP contribution in [0.1, 0.15) is 0 Å². The van der Waals surface area contributed by atoms with Crippen LogP contribution in [-0.4, -0.2) is 15.0 Å². The van der Waals surface area contributed by atoms with Gasteiger partial charge in [-0.25, -0.2) is 15.0 Å². The van der Waals surface area contributed by atoms with Crippen LogP contribution in [0.25, 0.3) is 121 Å². The topological polar surface area (TPSA) is 38.7 Å². The zero-order valence-corrected chi connectivity index (χ0v) is 33.7. The van der Waals surface area contributed by atoms with Gasteiger partial charge in [-0.1, -0.05) is 194 Å². The van der Waals surface area contributed by atoms with Crippen molar-refractivity contribution in [3.8, 4) is 67.5 Å². The van der Waals surface area contributed by atoms with Crippen molar-refractivity contribution in [1.29, 1.82) is 0 Å². The van der Waals surface area contributed by atoms with Crippen molar-refractivity contribution < 1.29 is 0 Å². The molecule has 0 unspecified atom stereocenters. The van der Waals surface area contributed by atoms with E-state index in [9.17, 15) is 0 Å². The van der Waals surface area contributed by atoms with Gasteiger partial charge in [-0.05, 0) is 118 Å². The monoisotopic (exact) mass is 787 g/mol. The van der Waals surface area contributed by atoms with Crippen molar-refractivity contribution in [3.05, 3.63) is 224 Å². The molecule has 288 valence electrons. The van der Waals surface area contributed by atoms with E-state index in [-0.39, 0.29) is 0 Å². The van der Waals surface area contributed by atoms with Gasteiger partial charge in [0.05, 0.1) is 0 Å². The van der Waals surface area contributed by atoms with E-state index in [0.717, 1.165) is 44.3 Å². The van der Waals surface area contributed by atoms with Gasteiger partial charge >= 0.3 is 0 Å². The number of aromatic nitrogens is 3. The largest absolute Gasteiger partial charge is 0.208 e. The second-order valence-electron chi connectivity index (χ2n) is 16.0. The Morgan fingerprint density at radius 2 is 0.613 bits per heavy atom. The average molecular weight is 788 g/mol. The van der Waals surface area contributed by atoms with Crippen molar-refractivity contribution in [2.75, 3.05) is 0 Å². The molecule has 0 saturated heterocycles. The van der Waals surface area contributed by atoms with E-state index in [2.05, 4.69) is 224 Å². The molecule has 0 aliphatic heterocycles. The van der Waals surface area contributed by atoms with E-state index < -0.39 is 0 Å². The summed E-state index contributed by atoms with van der Waals surface area (Å²) in [5.41, 5.74) is 9.69. The molecule has 0 fully saturated rings. The molecular formula is C59H37N3. The van der Waals surface area contributed by atoms with Gasteiger partial charge in [0.1, 0.15) is 0 Å². The number of hydrogen-bond donors (Lipinski definition) is 0. The van der Waals surface area contributed by atoms with Gasteiger partial charge < -0.3 is 0 Å². The standard InChI is InChI=1S/C59H37N3/c1-2-14-41-34-47(28-23-38(41)11-1)54-20-7-8-21-56(54)59-61-57(60-58(62-59)50-31-32-55-48(37-50)29-24-40-13-4-6-19-52(40)55)49-17-9-16-42(36-49)43-25-26-45-35-46(30-27-44(45)33-43)53-22-10-15-39-12-3-5-18-51(39)53/h1-37H. The summed E-state index contributed by atoms with van der Waals surface area (Å²) in [6.45, 7) is 0. The molecule has 3 nitrogen and oxygen atoms in total. The molecule has 0 spiro atoms. The van der Waals surface area contributed by atoms with Crippen molar-refractivity contribution in [3.63, 3.8) is 0 Å². The average Bonchev–Trinajstić information content (AvgIpc) is 3.35. The van der Waals surface area contributed by atoms with Crippen LogP contribution in [0, 0.1) is 0 Å². The lowest BCUT2D eigenvalue weighted by molar-refractivity contribution is 1.07. The minimum atomic E-state index is 0.624. The molecule has 0 aliphatic rings. The van der Waals surface area contributed by atoms with E-state index >= 15 is 0 Å². The summed E-state index contributed by atoms with van der Waals surface area (Å²) in [5, 5.41) is 12.1. The zero-order valence-electron chi connectivity index (χ0n) is 33.7. The lowest BCUT2D eigenvalue weighted by Crippen LogP contribution is -2.01. The molecule has 0 N–H and O–H groups in total. The van der Waals surface area contributed by atoms with E-state index in [4.69, 9.17) is 15.0 Å². The van der Waals surface area contributed by atoms with Gasteiger partial charge in [0.15, 0.2) is 17.5 Å². The maximum absolute atomic E-state index is 5.27. The highest BCUT2D eigenvalue weighted by Crippen LogP contribution is 2.37. The Bertz CT molecular complexity index is 3710. The quantitative estimate of drug-likeness (QED) is 0.158. The number of fused-ring (bicyclic) bond motifs is 6. The van der Waals surface area contributed by atoms with Crippen LogP contribution in [0.4, 0.5) is 0 Å². The number of nitrogens with zero attached hydrogens (tertiary/aromatic N) is 3. The molecule has 0 aliphatic carbocycles. The minimum absolute atomic E-state index is 0.624. The van der Waals surface area contributed by atoms with Crippen LogP contribution < -0.4 is 0 Å². The molecule has 0 saturated carbocycles. The van der Waals surface area contributed by atoms with E-state index in [0.29, 0.717) is 17.5 Å². The first-order valence-corrected chi connectivity index (χ1v) is 21.1. The second kappa shape index (κ2) is 14.8. The molecule has 12 rings (SSSR count). The second-order valence-corrected chi connectivity index (χ2v) is 16.0. The van der Waals surface area contributed by atoms with Gasteiger partial charge in [0.2, 0.25) is 0 Å². The van der Waals surface area contributed by atoms with Crippen LogP contribution in [0.5, 0.6) is 0 Å². The Balaban J connectivity index is 0.976. The first-order valence-electron chi connectivity index (χ1n) is 21.1. The van der Waals surface area contributed by atoms with Crippen LogP contribution in [-0.2, 0) is 0 Å². The van der Waals surface area contributed by atoms with Crippen molar-refractivity contribution in [2.24, 2.45) is 0 Å². The third-order valence-electron chi connectivity index (χ3n) is 12.3. The van der Waals surface area contributed by atoms with E-state index in [1.165, 1.54) is 59.6 Å². The molecule has 1 heterocycles. The highest BCUT2D eigenvalue weighted by atomic mass is 15.0. The Morgan fingerprint density at radius 3 is 1.42 bits per heavy atom. The molecule has 0 amide bonds. The Hall–Kier alpha value is -8.27. The number of hydrogen-bond acceptors (Lipinski definition) is 3. The van der Waals surface area contributed by atoms with Crippen LogP contribution in [0.15, 0.2) is 224 Å². The molecule has 1 aromatic heterocycles. The highest BCUT2D eigenvalue weighted by molar-refractivity contribution is 6.08. The normalized spacial score (nSPS) is 11.5. The molecule has 12 aromatic rings. The van der Waals surface area contributed by atoms with Gasteiger partial charge in [0, 0.05) is 16.7 Å². The zero-order chi connectivity index (χ0) is 41.0. The van der Waals surface area contributed by atoms with E-state index in [1.807, 2.05) is 0 Å². The highest BCUT2D eigenvalue weighted by Gasteiger charge is 2.17. The fourth-order valence-electron chi connectivity index (χ4n) is 9.10. The fraction of sp³-hybridized carbons (Fsp3) is 0. The van der Waals surface area contributed by atoms with Crippen LogP contribution in [0.3, 0.4) is 0 Å². The van der Waals surface area contributed by atoms with Gasteiger partial charge in [-0.2, -0.15) is 0 Å². The van der Waals surface area contributed by atoms with Gasteiger partial charge in [-0.3, -0.25) is 0 Å². The summed E-state index contributed by atoms with van der Waals surface area (Å²) in [6, 6.07) is 80.2. The summed E-state index contributed by atoms with van der Waals surface area (Å²) in [7, 11) is 0. The van der Waals surface area contributed by atoms with Crippen molar-refractivity contribution in [2.45, 2.75) is 0 Å². The lowest BCUT2D eigenvalue weighted by atomic mass is 9.94. The first-order chi connectivity index (χ1) is 30.7. The Kier molecular flexibility index (Phi) is 8.50. The summed E-state index contributed by atoms with van der Waals surface area (Å²) in [6.07, 6.45) is 0. The summed E-state index contributed by atoms with van der Waals surface area (Å²) in [4.78, 5) is 15.8. The van der Waals surface area contributed by atoms with Crippen molar-refractivity contribution in [1.82, 2.24) is 15.0 Å². The van der Waals surface area contributed by atoms with Gasteiger partial charge in [0.25, 0.3) is 0 Å². The van der Waals surface area contributed by atoms with Crippen molar-refractivity contribution >= 4 is 53.9 Å². The predicted molar refractivity (Wildman–Crippen MR) is 260 cm³/mol. The Labute approximate surface area is 359 Å². The predicted octanol–water partition coefficient (Wildman–Crippen LogP) is 15.6. The van der Waals surface area contributed by atoms with E-state index in [1.54, 1.807) is 0 Å². The maximum Gasteiger partial charge on any atom is 0.164 e. The summed E-state index contributed by atoms with van der Waals surface area (Å²) >= 11 is 0. The molecule has 11 aromatic carbocycles. The molecule has 0 atom stereocenters. The lowest BCUT2D eigenvalue weighted by Gasteiger charge is -2.13. The van der Waals surface area contributed by atoms with Crippen LogP contribution in [0.2, 0.25) is 0 Å². The number of rotatable bonds is 6. The van der Waals surface area contributed by atoms with Crippen LogP contribution >= 0.6 is 0 Å². The third-order valence-corrected chi connectivity index (χ3v) is 12.3. The smallest absolute Gasteiger partial charge is 0.164 e. The maximum atomic E-state index is 5.27. The Morgan fingerprint density at radius 1 is 0.194 bits per heavy atom. The minimum Gasteiger partial charge on any atom is -0.208 e. The molecular weight excluding hydrogens is 751 g/mol. The molecule has 3 heteroatoms. The number of benzene rings is 11.